The molecule has 162 valence electrons. The molecule has 3 aromatic rings. The van der Waals surface area contributed by atoms with Crippen molar-refractivity contribution in [1.82, 2.24) is 9.88 Å². The Morgan fingerprint density at radius 1 is 1.03 bits per heavy atom. The smallest absolute Gasteiger partial charge is 0.449 e. The van der Waals surface area contributed by atoms with Crippen molar-refractivity contribution in [2.75, 3.05) is 31.1 Å². The number of carboxylic acid groups (broad SMARTS) is 1. The van der Waals surface area contributed by atoms with Crippen molar-refractivity contribution in [2.24, 2.45) is 0 Å². The molecule has 1 saturated heterocycles. The number of anilines is 1. The quantitative estimate of drug-likeness (QED) is 0.484. The summed E-state index contributed by atoms with van der Waals surface area (Å²) in [4.78, 5) is 25.1. The molecule has 0 atom stereocenters. The van der Waals surface area contributed by atoms with Crippen LogP contribution >= 0.6 is 0 Å². The van der Waals surface area contributed by atoms with Gasteiger partial charge in [0.05, 0.1) is 17.1 Å². The molecule has 2 aromatic carbocycles. The van der Waals surface area contributed by atoms with Gasteiger partial charge in [-0.25, -0.2) is 22.4 Å². The van der Waals surface area contributed by atoms with Crippen LogP contribution in [0.25, 0.3) is 16.6 Å². The van der Waals surface area contributed by atoms with E-state index in [-0.39, 0.29) is 11.4 Å². The van der Waals surface area contributed by atoms with Gasteiger partial charge in [-0.3, -0.25) is 4.79 Å². The molecule has 1 aromatic heterocycles. The van der Waals surface area contributed by atoms with E-state index in [9.17, 15) is 22.8 Å². The minimum atomic E-state index is -1.83. The van der Waals surface area contributed by atoms with Crippen LogP contribution in [0.2, 0.25) is 0 Å². The second kappa shape index (κ2) is 7.91. The number of piperazine rings is 1. The summed E-state index contributed by atoms with van der Waals surface area (Å²) in [6, 6.07) is 3.39. The van der Waals surface area contributed by atoms with Gasteiger partial charge in [-0.15, -0.1) is 0 Å². The standard InChI is InChI=1S/C20H15F4N3O4/c21-12-2-1-10(7-13(12)22)27-9-15(31-20(29)30)19(28)11-8-14(23)18(16(24)17(11)27)26-5-3-25-4-6-26/h1-2,7-9,25H,3-6H2,(H,29,30). The van der Waals surface area contributed by atoms with Crippen molar-refractivity contribution >= 4 is 22.7 Å². The van der Waals surface area contributed by atoms with E-state index in [1.165, 1.54) is 4.90 Å². The van der Waals surface area contributed by atoms with E-state index in [0.717, 1.165) is 35.0 Å². The van der Waals surface area contributed by atoms with E-state index in [0.29, 0.717) is 26.2 Å². The summed E-state index contributed by atoms with van der Waals surface area (Å²) in [6.07, 6.45) is -0.986. The number of fused-ring (bicyclic) bond motifs is 1. The molecule has 0 bridgehead atoms. The fourth-order valence-electron chi connectivity index (χ4n) is 3.56. The summed E-state index contributed by atoms with van der Waals surface area (Å²) in [5.41, 5.74) is -2.00. The molecule has 7 nitrogen and oxygen atoms in total. The molecule has 2 heterocycles. The van der Waals surface area contributed by atoms with Crippen molar-refractivity contribution < 1.29 is 32.2 Å². The number of aromatic nitrogens is 1. The van der Waals surface area contributed by atoms with Crippen LogP contribution in [0, 0.1) is 23.3 Å². The number of halogens is 4. The highest BCUT2D eigenvalue weighted by Crippen LogP contribution is 2.32. The predicted molar refractivity (Wildman–Crippen MR) is 103 cm³/mol. The second-order valence-corrected chi connectivity index (χ2v) is 6.81. The summed E-state index contributed by atoms with van der Waals surface area (Å²) in [7, 11) is 0. The minimum absolute atomic E-state index is 0.129. The molecular weight excluding hydrogens is 422 g/mol. The molecule has 2 N–H and O–H groups in total. The number of pyridine rings is 1. The van der Waals surface area contributed by atoms with Crippen molar-refractivity contribution in [3.8, 4) is 11.4 Å². The van der Waals surface area contributed by atoms with Gasteiger partial charge in [-0.2, -0.15) is 0 Å². The summed E-state index contributed by atoms with van der Waals surface area (Å²) in [6.45, 7) is 1.57. The zero-order valence-corrected chi connectivity index (χ0v) is 15.8. The van der Waals surface area contributed by atoms with E-state index in [2.05, 4.69) is 10.1 Å². The van der Waals surface area contributed by atoms with E-state index in [1.54, 1.807) is 0 Å². The molecule has 0 aliphatic carbocycles. The topological polar surface area (TPSA) is 83.8 Å². The Bertz CT molecular complexity index is 1260. The first-order valence-corrected chi connectivity index (χ1v) is 9.17. The summed E-state index contributed by atoms with van der Waals surface area (Å²) < 4.78 is 63.1. The van der Waals surface area contributed by atoms with Crippen LogP contribution in [0.15, 0.2) is 35.3 Å². The number of hydrogen-bond donors (Lipinski definition) is 2. The number of nitrogens with zero attached hydrogens (tertiary/aromatic N) is 2. The molecule has 0 unspecified atom stereocenters. The maximum Gasteiger partial charge on any atom is 0.511 e. The highest BCUT2D eigenvalue weighted by molar-refractivity contribution is 5.87. The number of ether oxygens (including phenoxy) is 1. The Labute approximate surface area is 172 Å². The first-order valence-electron chi connectivity index (χ1n) is 9.17. The number of rotatable bonds is 3. The van der Waals surface area contributed by atoms with Crippen LogP contribution < -0.4 is 20.4 Å². The average Bonchev–Trinajstić information content (AvgIpc) is 2.73. The number of nitrogens with one attached hydrogen (secondary N) is 1. The zero-order chi connectivity index (χ0) is 22.3. The molecule has 0 amide bonds. The third-order valence-corrected chi connectivity index (χ3v) is 4.94. The molecular formula is C20H15F4N3O4. The number of hydrogen-bond acceptors (Lipinski definition) is 5. The number of benzene rings is 2. The van der Waals surface area contributed by atoms with Crippen LogP contribution in [0.1, 0.15) is 0 Å². The Morgan fingerprint density at radius 2 is 1.74 bits per heavy atom. The van der Waals surface area contributed by atoms with Gasteiger partial charge in [-0.1, -0.05) is 0 Å². The van der Waals surface area contributed by atoms with E-state index < -0.39 is 51.5 Å². The lowest BCUT2D eigenvalue weighted by molar-refractivity contribution is 0.144. The Hall–Kier alpha value is -3.60. The van der Waals surface area contributed by atoms with Crippen LogP contribution in [0.3, 0.4) is 0 Å². The maximum atomic E-state index is 15.6. The Balaban J connectivity index is 2.07. The molecule has 4 rings (SSSR count). The van der Waals surface area contributed by atoms with Crippen molar-refractivity contribution in [2.45, 2.75) is 0 Å². The zero-order valence-electron chi connectivity index (χ0n) is 15.8. The molecule has 0 spiro atoms. The maximum absolute atomic E-state index is 15.6. The van der Waals surface area contributed by atoms with Gasteiger partial charge in [0, 0.05) is 37.9 Å². The lowest BCUT2D eigenvalue weighted by atomic mass is 10.1. The minimum Gasteiger partial charge on any atom is -0.449 e. The highest BCUT2D eigenvalue weighted by atomic mass is 19.2. The Morgan fingerprint density at radius 3 is 2.39 bits per heavy atom. The van der Waals surface area contributed by atoms with Crippen molar-refractivity contribution in [3.63, 3.8) is 0 Å². The lowest BCUT2D eigenvalue weighted by Gasteiger charge is -2.30. The largest absolute Gasteiger partial charge is 0.511 e. The molecule has 0 saturated carbocycles. The van der Waals surface area contributed by atoms with Gasteiger partial charge < -0.3 is 24.6 Å². The van der Waals surface area contributed by atoms with Gasteiger partial charge in [0.2, 0.25) is 5.43 Å². The summed E-state index contributed by atoms with van der Waals surface area (Å²) in [5.74, 6) is -5.29. The second-order valence-electron chi connectivity index (χ2n) is 6.81. The normalized spacial score (nSPS) is 14.1. The van der Waals surface area contributed by atoms with Crippen molar-refractivity contribution in [1.29, 1.82) is 0 Å². The number of carbonyl (C=O) groups is 1. The van der Waals surface area contributed by atoms with E-state index >= 15 is 4.39 Å². The van der Waals surface area contributed by atoms with Crippen LogP contribution in [0.4, 0.5) is 28.0 Å². The molecule has 0 radical (unpaired) electrons. The molecule has 31 heavy (non-hydrogen) atoms. The third-order valence-electron chi connectivity index (χ3n) is 4.94. The van der Waals surface area contributed by atoms with Gasteiger partial charge >= 0.3 is 6.16 Å². The van der Waals surface area contributed by atoms with Gasteiger partial charge in [0.15, 0.2) is 23.2 Å². The van der Waals surface area contributed by atoms with E-state index in [1.807, 2.05) is 0 Å². The van der Waals surface area contributed by atoms with Crippen LogP contribution in [-0.4, -0.2) is 42.0 Å². The SMILES string of the molecule is O=C(O)Oc1cn(-c2ccc(F)c(F)c2)c2c(F)c(N3CCNCC3)c(F)cc2c1=O. The third kappa shape index (κ3) is 3.67. The molecule has 1 fully saturated rings. The van der Waals surface area contributed by atoms with E-state index in [4.69, 9.17) is 5.11 Å². The fourth-order valence-corrected chi connectivity index (χ4v) is 3.56. The van der Waals surface area contributed by atoms with Gasteiger partial charge in [0.1, 0.15) is 11.5 Å². The highest BCUT2D eigenvalue weighted by Gasteiger charge is 2.26. The predicted octanol–water partition coefficient (Wildman–Crippen LogP) is 3.01. The molecule has 11 heteroatoms. The van der Waals surface area contributed by atoms with Crippen LogP contribution in [0.5, 0.6) is 5.75 Å². The average molecular weight is 437 g/mol. The summed E-state index contributed by atoms with van der Waals surface area (Å²) in [5, 5.41) is 11.4. The first kappa shape index (κ1) is 20.7. The molecule has 1 aliphatic rings. The van der Waals surface area contributed by atoms with Gasteiger partial charge in [0.25, 0.3) is 0 Å². The monoisotopic (exact) mass is 437 g/mol. The van der Waals surface area contributed by atoms with Crippen LogP contribution in [-0.2, 0) is 0 Å². The van der Waals surface area contributed by atoms with Crippen molar-refractivity contribution in [3.05, 3.63) is 64.0 Å². The Kier molecular flexibility index (Phi) is 5.27. The first-order chi connectivity index (χ1) is 14.8. The fraction of sp³-hybridized carbons (Fsp3) is 0.200. The molecule has 1 aliphatic heterocycles. The summed E-state index contributed by atoms with van der Waals surface area (Å²) >= 11 is 0. The lowest BCUT2D eigenvalue weighted by Crippen LogP contribution is -2.44. The van der Waals surface area contributed by atoms with Gasteiger partial charge in [-0.05, 0) is 18.2 Å².